The summed E-state index contributed by atoms with van der Waals surface area (Å²) in [6, 6.07) is 1.55. The van der Waals surface area contributed by atoms with Crippen LogP contribution < -0.4 is 11.1 Å². The van der Waals surface area contributed by atoms with Crippen LogP contribution in [0.25, 0.3) is 0 Å². The Kier molecular flexibility index (Phi) is 5.09. The molecule has 1 rings (SSSR count). The minimum Gasteiger partial charge on any atom is -0.398 e. The number of pyridine rings is 1. The fraction of sp³-hybridized carbons (Fsp3) is 0.455. The number of nitrogens with zero attached hydrogens (tertiary/aromatic N) is 1. The summed E-state index contributed by atoms with van der Waals surface area (Å²) in [4.78, 5) is 15.7. The van der Waals surface area contributed by atoms with Gasteiger partial charge in [-0.2, -0.15) is 0 Å². The first-order valence-corrected chi connectivity index (χ1v) is 7.03. The lowest BCUT2D eigenvalue weighted by Crippen LogP contribution is -2.34. The highest BCUT2D eigenvalue weighted by molar-refractivity contribution is 7.84. The minimum absolute atomic E-state index is 0.0361. The highest BCUT2D eigenvalue weighted by atomic mass is 32.2. The van der Waals surface area contributed by atoms with E-state index in [1.54, 1.807) is 12.3 Å². The number of hydrogen-bond acceptors (Lipinski definition) is 4. The largest absolute Gasteiger partial charge is 0.398 e. The number of carbonyl (C=O) groups is 1. The van der Waals surface area contributed by atoms with Gasteiger partial charge in [0.1, 0.15) is 0 Å². The molecule has 1 aromatic rings. The van der Waals surface area contributed by atoms with Crippen molar-refractivity contribution >= 4 is 22.4 Å². The standard InChI is InChI=1S/C11H17N3O2S/c1-8(4-6-17(2)16)14-11(15)9-7-13-5-3-10(9)12/h3,5,7-8H,4,6H2,1-2H3,(H2,12,13)(H,14,15). The molecule has 17 heavy (non-hydrogen) atoms. The second-order valence-corrected chi connectivity index (χ2v) is 5.46. The topological polar surface area (TPSA) is 85.1 Å². The molecule has 6 heteroatoms. The van der Waals surface area contributed by atoms with Gasteiger partial charge in [0.25, 0.3) is 5.91 Å². The molecule has 0 aliphatic rings. The van der Waals surface area contributed by atoms with E-state index in [4.69, 9.17) is 5.73 Å². The maximum atomic E-state index is 11.8. The van der Waals surface area contributed by atoms with Crippen LogP contribution in [0.15, 0.2) is 18.5 Å². The number of nitrogens with one attached hydrogen (secondary N) is 1. The van der Waals surface area contributed by atoms with Crippen LogP contribution in [-0.2, 0) is 10.8 Å². The van der Waals surface area contributed by atoms with Gasteiger partial charge in [0.2, 0.25) is 0 Å². The molecular formula is C11H17N3O2S. The molecule has 1 amide bonds. The lowest BCUT2D eigenvalue weighted by Gasteiger charge is -2.13. The normalized spacial score (nSPS) is 14.0. The Labute approximate surface area is 103 Å². The van der Waals surface area contributed by atoms with E-state index in [9.17, 15) is 9.00 Å². The highest BCUT2D eigenvalue weighted by Gasteiger charge is 2.12. The second-order valence-electron chi connectivity index (χ2n) is 3.90. The van der Waals surface area contributed by atoms with E-state index in [2.05, 4.69) is 10.3 Å². The van der Waals surface area contributed by atoms with Crippen LogP contribution in [0.2, 0.25) is 0 Å². The molecule has 0 aliphatic heterocycles. The third-order valence-electron chi connectivity index (χ3n) is 2.32. The smallest absolute Gasteiger partial charge is 0.255 e. The van der Waals surface area contributed by atoms with Gasteiger partial charge in [-0.15, -0.1) is 0 Å². The first-order chi connectivity index (χ1) is 8.00. The summed E-state index contributed by atoms with van der Waals surface area (Å²) in [5.74, 6) is 0.328. The number of nitrogen functional groups attached to an aromatic ring is 1. The zero-order valence-electron chi connectivity index (χ0n) is 9.97. The third kappa shape index (κ3) is 4.52. The minimum atomic E-state index is -0.838. The molecule has 1 heterocycles. The predicted octanol–water partition coefficient (Wildman–Crippen LogP) is 0.551. The summed E-state index contributed by atoms with van der Waals surface area (Å²) < 4.78 is 10.9. The van der Waals surface area contributed by atoms with Crippen molar-refractivity contribution in [3.8, 4) is 0 Å². The van der Waals surface area contributed by atoms with Crippen LogP contribution in [0.3, 0.4) is 0 Å². The number of carbonyl (C=O) groups excluding carboxylic acids is 1. The fourth-order valence-corrected chi connectivity index (χ4v) is 2.00. The maximum absolute atomic E-state index is 11.8. The predicted molar refractivity (Wildman–Crippen MR) is 69.1 cm³/mol. The Morgan fingerprint density at radius 2 is 2.35 bits per heavy atom. The molecule has 0 radical (unpaired) electrons. The van der Waals surface area contributed by atoms with Crippen LogP contribution in [0.5, 0.6) is 0 Å². The molecule has 2 atom stereocenters. The summed E-state index contributed by atoms with van der Waals surface area (Å²) >= 11 is 0. The van der Waals surface area contributed by atoms with Gasteiger partial charge in [0, 0.05) is 46.9 Å². The molecule has 0 saturated heterocycles. The van der Waals surface area contributed by atoms with Gasteiger partial charge in [-0.3, -0.25) is 14.0 Å². The number of anilines is 1. The van der Waals surface area contributed by atoms with Gasteiger partial charge >= 0.3 is 0 Å². The summed E-state index contributed by atoms with van der Waals surface area (Å²) in [7, 11) is -0.838. The third-order valence-corrected chi connectivity index (χ3v) is 3.13. The SMILES string of the molecule is CC(CCS(C)=O)NC(=O)c1cnccc1N. The average molecular weight is 255 g/mol. The van der Waals surface area contributed by atoms with Crippen molar-refractivity contribution in [3.63, 3.8) is 0 Å². The molecule has 0 fully saturated rings. The van der Waals surface area contributed by atoms with Gasteiger partial charge in [-0.1, -0.05) is 0 Å². The zero-order chi connectivity index (χ0) is 12.8. The summed E-state index contributed by atoms with van der Waals surface area (Å²) in [5.41, 5.74) is 6.45. The average Bonchev–Trinajstić information content (AvgIpc) is 2.26. The number of aromatic nitrogens is 1. The van der Waals surface area contributed by atoms with Crippen molar-refractivity contribution in [2.24, 2.45) is 0 Å². The van der Waals surface area contributed by atoms with E-state index >= 15 is 0 Å². The number of rotatable bonds is 5. The quantitative estimate of drug-likeness (QED) is 0.804. The Hall–Kier alpha value is -1.43. The van der Waals surface area contributed by atoms with Crippen LogP contribution in [-0.4, -0.2) is 33.2 Å². The van der Waals surface area contributed by atoms with Gasteiger partial charge < -0.3 is 11.1 Å². The summed E-state index contributed by atoms with van der Waals surface area (Å²) in [5, 5.41) is 2.80. The van der Waals surface area contributed by atoms with E-state index in [0.29, 0.717) is 23.4 Å². The second kappa shape index (κ2) is 6.34. The zero-order valence-corrected chi connectivity index (χ0v) is 10.8. The molecule has 5 nitrogen and oxygen atoms in total. The molecule has 0 spiro atoms. The van der Waals surface area contributed by atoms with Gasteiger partial charge in [-0.05, 0) is 19.4 Å². The lowest BCUT2D eigenvalue weighted by atomic mass is 10.2. The summed E-state index contributed by atoms with van der Waals surface area (Å²) in [6.07, 6.45) is 5.30. The van der Waals surface area contributed by atoms with Crippen LogP contribution in [0.1, 0.15) is 23.7 Å². The van der Waals surface area contributed by atoms with Crippen LogP contribution >= 0.6 is 0 Å². The molecule has 3 N–H and O–H groups in total. The van der Waals surface area contributed by atoms with E-state index < -0.39 is 10.8 Å². The molecular weight excluding hydrogens is 238 g/mol. The van der Waals surface area contributed by atoms with E-state index in [-0.39, 0.29) is 11.9 Å². The highest BCUT2D eigenvalue weighted by Crippen LogP contribution is 2.08. The Bertz CT molecular complexity index is 423. The molecule has 0 aliphatic carbocycles. The fourth-order valence-electron chi connectivity index (χ4n) is 1.31. The molecule has 2 unspecified atom stereocenters. The molecule has 94 valence electrons. The van der Waals surface area contributed by atoms with E-state index in [1.165, 1.54) is 12.4 Å². The van der Waals surface area contributed by atoms with Crippen molar-refractivity contribution in [3.05, 3.63) is 24.0 Å². The van der Waals surface area contributed by atoms with Gasteiger partial charge in [-0.25, -0.2) is 0 Å². The molecule has 0 aromatic carbocycles. The van der Waals surface area contributed by atoms with E-state index in [0.717, 1.165) is 0 Å². The van der Waals surface area contributed by atoms with Crippen molar-refractivity contribution in [1.29, 1.82) is 0 Å². The Morgan fingerprint density at radius 3 is 2.94 bits per heavy atom. The van der Waals surface area contributed by atoms with Crippen molar-refractivity contribution in [2.75, 3.05) is 17.7 Å². The number of amides is 1. The molecule has 0 saturated carbocycles. The maximum Gasteiger partial charge on any atom is 0.255 e. The van der Waals surface area contributed by atoms with E-state index in [1.807, 2.05) is 6.92 Å². The molecule has 1 aromatic heterocycles. The van der Waals surface area contributed by atoms with Crippen molar-refractivity contribution in [1.82, 2.24) is 10.3 Å². The first kappa shape index (κ1) is 13.6. The van der Waals surface area contributed by atoms with Crippen molar-refractivity contribution in [2.45, 2.75) is 19.4 Å². The molecule has 0 bridgehead atoms. The van der Waals surface area contributed by atoms with Gasteiger partial charge in [0.05, 0.1) is 5.56 Å². The Morgan fingerprint density at radius 1 is 1.65 bits per heavy atom. The summed E-state index contributed by atoms with van der Waals surface area (Å²) in [6.45, 7) is 1.87. The van der Waals surface area contributed by atoms with Gasteiger partial charge in [0.15, 0.2) is 0 Å². The Balaban J connectivity index is 2.55. The van der Waals surface area contributed by atoms with Crippen molar-refractivity contribution < 1.29 is 9.00 Å². The first-order valence-electron chi connectivity index (χ1n) is 5.31. The lowest BCUT2D eigenvalue weighted by molar-refractivity contribution is 0.0940. The number of nitrogens with two attached hydrogens (primary N) is 1. The van der Waals surface area contributed by atoms with Crippen LogP contribution in [0.4, 0.5) is 5.69 Å². The number of hydrogen-bond donors (Lipinski definition) is 2. The van der Waals surface area contributed by atoms with Crippen LogP contribution in [0, 0.1) is 0 Å². The monoisotopic (exact) mass is 255 g/mol.